The van der Waals surface area contributed by atoms with Crippen LogP contribution in [0.4, 0.5) is 11.4 Å². The molecule has 0 saturated heterocycles. The molecule has 0 atom stereocenters. The minimum atomic E-state index is -0.0137. The van der Waals surface area contributed by atoms with Gasteiger partial charge in [-0.25, -0.2) is 0 Å². The molecule has 0 radical (unpaired) electrons. The van der Waals surface area contributed by atoms with Crippen LogP contribution in [0.3, 0.4) is 0 Å². The molecular formula is C15H13N3O2. The van der Waals surface area contributed by atoms with Crippen LogP contribution in [-0.4, -0.2) is 18.3 Å². The van der Waals surface area contributed by atoms with Crippen LogP contribution in [0.15, 0.2) is 58.8 Å². The maximum atomic E-state index is 8.69. The first-order chi connectivity index (χ1) is 9.81. The zero-order valence-electron chi connectivity index (χ0n) is 10.7. The van der Waals surface area contributed by atoms with Crippen LogP contribution in [0.25, 0.3) is 0 Å². The molecule has 0 aromatic heterocycles. The predicted molar refractivity (Wildman–Crippen MR) is 74.4 cm³/mol. The van der Waals surface area contributed by atoms with Gasteiger partial charge in [0.2, 0.25) is 0 Å². The van der Waals surface area contributed by atoms with E-state index in [9.17, 15) is 0 Å². The van der Waals surface area contributed by atoms with E-state index in [4.69, 9.17) is 15.1 Å². The second kappa shape index (κ2) is 7.02. The summed E-state index contributed by atoms with van der Waals surface area (Å²) < 4.78 is 5.25. The molecule has 0 heterocycles. The van der Waals surface area contributed by atoms with E-state index in [2.05, 4.69) is 10.2 Å². The summed E-state index contributed by atoms with van der Waals surface area (Å²) in [7, 11) is 0. The highest BCUT2D eigenvalue weighted by Crippen LogP contribution is 2.21. The van der Waals surface area contributed by atoms with Crippen molar-refractivity contribution < 1.29 is 9.84 Å². The Kier molecular flexibility index (Phi) is 4.81. The van der Waals surface area contributed by atoms with Gasteiger partial charge in [-0.2, -0.15) is 15.5 Å². The van der Waals surface area contributed by atoms with Crippen LogP contribution in [0.2, 0.25) is 0 Å². The molecular weight excluding hydrogens is 254 g/mol. The van der Waals surface area contributed by atoms with Crippen molar-refractivity contribution in [1.29, 1.82) is 5.26 Å². The number of hydrogen-bond donors (Lipinski definition) is 1. The first kappa shape index (κ1) is 13.7. The molecule has 5 nitrogen and oxygen atoms in total. The van der Waals surface area contributed by atoms with Crippen LogP contribution in [0.5, 0.6) is 5.75 Å². The summed E-state index contributed by atoms with van der Waals surface area (Å²) in [6.45, 7) is 0.256. The van der Waals surface area contributed by atoms with Gasteiger partial charge in [0.05, 0.1) is 29.6 Å². The van der Waals surface area contributed by atoms with E-state index in [0.29, 0.717) is 22.7 Å². The number of benzene rings is 2. The first-order valence-corrected chi connectivity index (χ1v) is 6.07. The number of aliphatic hydroxyl groups excluding tert-OH is 1. The third kappa shape index (κ3) is 3.90. The van der Waals surface area contributed by atoms with E-state index in [1.54, 1.807) is 48.5 Å². The Labute approximate surface area is 116 Å². The van der Waals surface area contributed by atoms with Gasteiger partial charge in [-0.05, 0) is 48.5 Å². The lowest BCUT2D eigenvalue weighted by atomic mass is 10.2. The Bertz CT molecular complexity index is 613. The maximum absolute atomic E-state index is 8.69. The van der Waals surface area contributed by atoms with Gasteiger partial charge < -0.3 is 9.84 Å². The number of aliphatic hydroxyl groups is 1. The maximum Gasteiger partial charge on any atom is 0.119 e. The van der Waals surface area contributed by atoms with E-state index >= 15 is 0 Å². The molecule has 2 rings (SSSR count). The average Bonchev–Trinajstić information content (AvgIpc) is 2.52. The Hall–Kier alpha value is -2.71. The van der Waals surface area contributed by atoms with Gasteiger partial charge in [-0.15, -0.1) is 0 Å². The van der Waals surface area contributed by atoms with Gasteiger partial charge in [0.1, 0.15) is 12.4 Å². The number of rotatable bonds is 5. The highest BCUT2D eigenvalue weighted by Gasteiger charge is 1.95. The topological polar surface area (TPSA) is 78.0 Å². The van der Waals surface area contributed by atoms with Crippen molar-refractivity contribution in [2.75, 3.05) is 13.2 Å². The van der Waals surface area contributed by atoms with Crippen LogP contribution < -0.4 is 4.74 Å². The van der Waals surface area contributed by atoms with Crippen molar-refractivity contribution in [1.82, 2.24) is 0 Å². The van der Waals surface area contributed by atoms with Crippen molar-refractivity contribution in [2.45, 2.75) is 0 Å². The third-order valence-corrected chi connectivity index (χ3v) is 2.47. The molecule has 0 saturated carbocycles. The molecule has 100 valence electrons. The average molecular weight is 267 g/mol. The van der Waals surface area contributed by atoms with Gasteiger partial charge >= 0.3 is 0 Å². The first-order valence-electron chi connectivity index (χ1n) is 6.07. The fraction of sp³-hybridized carbons (Fsp3) is 0.133. The summed E-state index contributed by atoms with van der Waals surface area (Å²) in [5.41, 5.74) is 1.98. The molecule has 1 N–H and O–H groups in total. The van der Waals surface area contributed by atoms with Crippen molar-refractivity contribution >= 4 is 11.4 Å². The van der Waals surface area contributed by atoms with Crippen LogP contribution in [0.1, 0.15) is 5.56 Å². The summed E-state index contributed by atoms with van der Waals surface area (Å²) in [5.74, 6) is 0.677. The fourth-order valence-corrected chi connectivity index (χ4v) is 1.49. The fourth-order valence-electron chi connectivity index (χ4n) is 1.49. The molecule has 0 spiro atoms. The van der Waals surface area contributed by atoms with E-state index in [1.165, 1.54) is 0 Å². The second-order valence-corrected chi connectivity index (χ2v) is 3.92. The summed E-state index contributed by atoms with van der Waals surface area (Å²) in [6, 6.07) is 16.0. The van der Waals surface area contributed by atoms with Crippen LogP contribution >= 0.6 is 0 Å². The van der Waals surface area contributed by atoms with E-state index in [0.717, 1.165) is 0 Å². The Balaban J connectivity index is 2.01. The molecule has 0 amide bonds. The number of nitriles is 1. The molecule has 0 aliphatic rings. The highest BCUT2D eigenvalue weighted by molar-refractivity contribution is 5.44. The lowest BCUT2D eigenvalue weighted by molar-refractivity contribution is 0.201. The van der Waals surface area contributed by atoms with E-state index in [-0.39, 0.29) is 13.2 Å². The molecule has 0 unspecified atom stereocenters. The van der Waals surface area contributed by atoms with Gasteiger partial charge in [-0.1, -0.05) is 0 Å². The van der Waals surface area contributed by atoms with Crippen molar-refractivity contribution in [3.63, 3.8) is 0 Å². The van der Waals surface area contributed by atoms with Crippen LogP contribution in [-0.2, 0) is 0 Å². The van der Waals surface area contributed by atoms with Gasteiger partial charge in [-0.3, -0.25) is 0 Å². The Morgan fingerprint density at radius 3 is 2.00 bits per heavy atom. The third-order valence-electron chi connectivity index (χ3n) is 2.47. The molecule has 0 fully saturated rings. The van der Waals surface area contributed by atoms with Gasteiger partial charge in [0.25, 0.3) is 0 Å². The summed E-state index contributed by atoms with van der Waals surface area (Å²) in [5, 5.41) is 25.5. The molecule has 2 aromatic carbocycles. The smallest absolute Gasteiger partial charge is 0.119 e. The predicted octanol–water partition coefficient (Wildman–Crippen LogP) is 3.34. The molecule has 0 aliphatic carbocycles. The quantitative estimate of drug-likeness (QED) is 0.844. The Morgan fingerprint density at radius 2 is 1.50 bits per heavy atom. The zero-order chi connectivity index (χ0) is 14.2. The Morgan fingerprint density at radius 1 is 0.950 bits per heavy atom. The van der Waals surface area contributed by atoms with Gasteiger partial charge in [0.15, 0.2) is 0 Å². The summed E-state index contributed by atoms with van der Waals surface area (Å²) in [4.78, 5) is 0. The largest absolute Gasteiger partial charge is 0.491 e. The number of ether oxygens (including phenoxy) is 1. The van der Waals surface area contributed by atoms with Crippen molar-refractivity contribution in [2.24, 2.45) is 10.2 Å². The minimum Gasteiger partial charge on any atom is -0.491 e. The second-order valence-electron chi connectivity index (χ2n) is 3.92. The lowest BCUT2D eigenvalue weighted by Crippen LogP contribution is -2.00. The van der Waals surface area contributed by atoms with Gasteiger partial charge in [0, 0.05) is 0 Å². The van der Waals surface area contributed by atoms with E-state index < -0.39 is 0 Å². The number of nitrogens with zero attached hydrogens (tertiary/aromatic N) is 3. The normalized spacial score (nSPS) is 10.4. The minimum absolute atomic E-state index is 0.0137. The number of azo groups is 1. The molecule has 5 heteroatoms. The molecule has 0 aliphatic heterocycles. The van der Waals surface area contributed by atoms with Crippen molar-refractivity contribution in [3.05, 3.63) is 54.1 Å². The van der Waals surface area contributed by atoms with Crippen molar-refractivity contribution in [3.8, 4) is 11.8 Å². The standard InChI is InChI=1S/C15H13N3O2/c16-11-12-1-3-13(4-2-12)17-18-14-5-7-15(8-6-14)20-10-9-19/h1-8,19H,9-10H2. The number of hydrogen-bond acceptors (Lipinski definition) is 5. The molecule has 20 heavy (non-hydrogen) atoms. The highest BCUT2D eigenvalue weighted by atomic mass is 16.5. The monoisotopic (exact) mass is 267 g/mol. The molecule has 0 bridgehead atoms. The van der Waals surface area contributed by atoms with Crippen LogP contribution in [0, 0.1) is 11.3 Å². The SMILES string of the molecule is N#Cc1ccc(N=Nc2ccc(OCCO)cc2)cc1. The van der Waals surface area contributed by atoms with E-state index in [1.807, 2.05) is 6.07 Å². The summed E-state index contributed by atoms with van der Waals surface area (Å²) >= 11 is 0. The summed E-state index contributed by atoms with van der Waals surface area (Å²) in [6.07, 6.45) is 0. The zero-order valence-corrected chi connectivity index (χ0v) is 10.7. The molecule has 2 aromatic rings. The lowest BCUT2D eigenvalue weighted by Gasteiger charge is -2.03.